The lowest BCUT2D eigenvalue weighted by Gasteiger charge is -2.35. The molecule has 0 radical (unpaired) electrons. The normalized spacial score (nSPS) is 20.9. The molecule has 1 atom stereocenters. The largest absolute Gasteiger partial charge is 0.462 e. The van der Waals surface area contributed by atoms with E-state index in [1.807, 2.05) is 0 Å². The lowest BCUT2D eigenvalue weighted by atomic mass is 10.2. The number of hydrogen-bond acceptors (Lipinski definition) is 6. The predicted octanol–water partition coefficient (Wildman–Crippen LogP) is 1.64. The monoisotopic (exact) mass is 474 g/mol. The van der Waals surface area contributed by atoms with Gasteiger partial charge in [-0.25, -0.2) is 13.2 Å². The van der Waals surface area contributed by atoms with Crippen LogP contribution in [0, 0.1) is 0 Å². The molecule has 10 heteroatoms. The molecule has 0 bridgehead atoms. The van der Waals surface area contributed by atoms with Crippen LogP contribution < -0.4 is 0 Å². The molecule has 1 aromatic rings. The maximum absolute atomic E-state index is 13.0. The van der Waals surface area contributed by atoms with Crippen LogP contribution in [0.15, 0.2) is 27.6 Å². The summed E-state index contributed by atoms with van der Waals surface area (Å²) >= 11 is 3.25. The summed E-state index contributed by atoms with van der Waals surface area (Å²) in [5, 5.41) is 0. The number of amides is 1. The van der Waals surface area contributed by atoms with Gasteiger partial charge in [-0.1, -0.05) is 0 Å². The quantitative estimate of drug-likeness (QED) is 0.602. The van der Waals surface area contributed by atoms with Crippen molar-refractivity contribution in [2.45, 2.75) is 30.8 Å². The molecule has 0 aliphatic carbocycles. The van der Waals surface area contributed by atoms with E-state index < -0.39 is 22.1 Å². The highest BCUT2D eigenvalue weighted by Gasteiger charge is 2.34. The molecule has 154 valence electrons. The molecule has 0 N–H and O–H groups in total. The molecular formula is C18H23BrN2O6S. The average Bonchev–Trinajstić information content (AvgIpc) is 3.22. The minimum atomic E-state index is -3.75. The molecule has 0 spiro atoms. The van der Waals surface area contributed by atoms with Gasteiger partial charge in [0.25, 0.3) is 5.91 Å². The summed E-state index contributed by atoms with van der Waals surface area (Å²) in [6.07, 6.45) is 1.20. The highest BCUT2D eigenvalue weighted by molar-refractivity contribution is 9.10. The first-order valence-electron chi connectivity index (χ1n) is 9.22. The highest BCUT2D eigenvalue weighted by Crippen LogP contribution is 2.27. The zero-order chi connectivity index (χ0) is 20.3. The van der Waals surface area contributed by atoms with Crippen molar-refractivity contribution in [3.05, 3.63) is 28.2 Å². The maximum atomic E-state index is 13.0. The Bertz CT molecular complexity index is 846. The van der Waals surface area contributed by atoms with Gasteiger partial charge in [-0.3, -0.25) is 4.79 Å². The van der Waals surface area contributed by atoms with Crippen molar-refractivity contribution < 1.29 is 27.5 Å². The standard InChI is InChI=1S/C18H23BrN2O6S/c1-2-26-18(23)13-5-6-16(14(19)12-13)28(24,25)21-9-7-20(8-10-21)17(22)15-4-3-11-27-15/h5-6,12,15H,2-4,7-11H2,1H3. The Balaban J connectivity index is 1.68. The van der Waals surface area contributed by atoms with E-state index >= 15 is 0 Å². The summed E-state index contributed by atoms with van der Waals surface area (Å²) in [5.41, 5.74) is 0.277. The molecule has 2 heterocycles. The number of benzene rings is 1. The minimum absolute atomic E-state index is 0.0606. The fraction of sp³-hybridized carbons (Fsp3) is 0.556. The second-order valence-corrected chi connectivity index (χ2v) is 9.36. The Morgan fingerprint density at radius 2 is 1.96 bits per heavy atom. The van der Waals surface area contributed by atoms with Crippen LogP contribution in [-0.4, -0.2) is 75.0 Å². The van der Waals surface area contributed by atoms with Gasteiger partial charge in [0, 0.05) is 37.3 Å². The van der Waals surface area contributed by atoms with Gasteiger partial charge < -0.3 is 14.4 Å². The van der Waals surface area contributed by atoms with E-state index in [4.69, 9.17) is 9.47 Å². The predicted molar refractivity (Wildman–Crippen MR) is 104 cm³/mol. The van der Waals surface area contributed by atoms with Crippen LogP contribution in [-0.2, 0) is 24.3 Å². The number of carbonyl (C=O) groups excluding carboxylic acids is 2. The third kappa shape index (κ3) is 4.40. The number of esters is 1. The van der Waals surface area contributed by atoms with Gasteiger partial charge >= 0.3 is 5.97 Å². The number of ether oxygens (including phenoxy) is 2. The van der Waals surface area contributed by atoms with Crippen LogP contribution in [0.4, 0.5) is 0 Å². The molecule has 1 amide bonds. The molecule has 2 aliphatic rings. The zero-order valence-electron chi connectivity index (χ0n) is 15.6. The van der Waals surface area contributed by atoms with Gasteiger partial charge in [0.2, 0.25) is 10.0 Å². The molecule has 1 unspecified atom stereocenters. The van der Waals surface area contributed by atoms with Gasteiger partial charge in [-0.05, 0) is 53.9 Å². The maximum Gasteiger partial charge on any atom is 0.338 e. The number of piperazine rings is 1. The number of rotatable bonds is 5. The first-order chi connectivity index (χ1) is 13.3. The van der Waals surface area contributed by atoms with E-state index in [1.165, 1.54) is 22.5 Å². The van der Waals surface area contributed by atoms with Crippen LogP contribution in [0.2, 0.25) is 0 Å². The molecule has 8 nitrogen and oxygen atoms in total. The van der Waals surface area contributed by atoms with Crippen LogP contribution in [0.5, 0.6) is 0 Å². The lowest BCUT2D eigenvalue weighted by Crippen LogP contribution is -2.52. The SMILES string of the molecule is CCOC(=O)c1ccc(S(=O)(=O)N2CCN(C(=O)C3CCCO3)CC2)c(Br)c1. The number of carbonyl (C=O) groups is 2. The fourth-order valence-electron chi connectivity index (χ4n) is 3.32. The van der Waals surface area contributed by atoms with Crippen molar-refractivity contribution in [1.29, 1.82) is 0 Å². The Kier molecular flexibility index (Phi) is 6.74. The summed E-state index contributed by atoms with van der Waals surface area (Å²) in [6, 6.07) is 4.28. The van der Waals surface area contributed by atoms with E-state index in [0.717, 1.165) is 12.8 Å². The van der Waals surface area contributed by atoms with Gasteiger partial charge in [-0.15, -0.1) is 0 Å². The molecule has 28 heavy (non-hydrogen) atoms. The molecule has 1 aromatic carbocycles. The van der Waals surface area contributed by atoms with E-state index in [-0.39, 0.29) is 36.1 Å². The Labute approximate surface area is 172 Å². The first kappa shape index (κ1) is 21.2. The molecule has 0 saturated carbocycles. The van der Waals surface area contributed by atoms with Crippen LogP contribution in [0.3, 0.4) is 0 Å². The number of halogens is 1. The molecular weight excluding hydrogens is 452 g/mol. The van der Waals surface area contributed by atoms with Gasteiger partial charge in [0.15, 0.2) is 0 Å². The van der Waals surface area contributed by atoms with E-state index in [1.54, 1.807) is 11.8 Å². The van der Waals surface area contributed by atoms with Gasteiger partial charge in [0.1, 0.15) is 6.10 Å². The average molecular weight is 475 g/mol. The third-order valence-corrected chi connectivity index (χ3v) is 7.69. The van der Waals surface area contributed by atoms with E-state index in [0.29, 0.717) is 24.2 Å². The summed E-state index contributed by atoms with van der Waals surface area (Å²) in [7, 11) is -3.75. The fourth-order valence-corrected chi connectivity index (χ4v) is 5.78. The Morgan fingerprint density at radius 3 is 2.54 bits per heavy atom. The van der Waals surface area contributed by atoms with Crippen molar-refractivity contribution in [2.75, 3.05) is 39.4 Å². The Morgan fingerprint density at radius 1 is 1.25 bits per heavy atom. The second-order valence-electron chi connectivity index (χ2n) is 6.60. The molecule has 0 aromatic heterocycles. The number of sulfonamides is 1. The summed E-state index contributed by atoms with van der Waals surface area (Å²) in [4.78, 5) is 26.0. The second kappa shape index (κ2) is 8.89. The summed E-state index contributed by atoms with van der Waals surface area (Å²) < 4.78 is 38.0. The zero-order valence-corrected chi connectivity index (χ0v) is 18.0. The third-order valence-electron chi connectivity index (χ3n) is 4.82. The van der Waals surface area contributed by atoms with Crippen molar-refractivity contribution in [1.82, 2.24) is 9.21 Å². The molecule has 2 saturated heterocycles. The lowest BCUT2D eigenvalue weighted by molar-refractivity contribution is -0.142. The Hall–Kier alpha value is -1.49. The van der Waals surface area contributed by atoms with Gasteiger partial charge in [0.05, 0.1) is 17.1 Å². The van der Waals surface area contributed by atoms with Crippen LogP contribution >= 0.6 is 15.9 Å². The van der Waals surface area contributed by atoms with Crippen molar-refractivity contribution in [3.8, 4) is 0 Å². The van der Waals surface area contributed by atoms with E-state index in [9.17, 15) is 18.0 Å². The molecule has 3 rings (SSSR count). The van der Waals surface area contributed by atoms with Crippen molar-refractivity contribution >= 4 is 37.8 Å². The first-order valence-corrected chi connectivity index (χ1v) is 11.4. The van der Waals surface area contributed by atoms with Crippen molar-refractivity contribution in [3.63, 3.8) is 0 Å². The molecule has 2 fully saturated rings. The smallest absolute Gasteiger partial charge is 0.338 e. The van der Waals surface area contributed by atoms with Crippen LogP contribution in [0.25, 0.3) is 0 Å². The topological polar surface area (TPSA) is 93.2 Å². The number of hydrogen-bond donors (Lipinski definition) is 0. The number of nitrogens with zero attached hydrogens (tertiary/aromatic N) is 2. The van der Waals surface area contributed by atoms with E-state index in [2.05, 4.69) is 15.9 Å². The minimum Gasteiger partial charge on any atom is -0.462 e. The summed E-state index contributed by atoms with van der Waals surface area (Å²) in [6.45, 7) is 3.63. The van der Waals surface area contributed by atoms with Gasteiger partial charge in [-0.2, -0.15) is 4.31 Å². The van der Waals surface area contributed by atoms with Crippen molar-refractivity contribution in [2.24, 2.45) is 0 Å². The summed E-state index contributed by atoms with van der Waals surface area (Å²) in [5.74, 6) is -0.567. The highest BCUT2D eigenvalue weighted by atomic mass is 79.9. The van der Waals surface area contributed by atoms with Crippen LogP contribution in [0.1, 0.15) is 30.1 Å². The molecule has 2 aliphatic heterocycles.